The van der Waals surface area contributed by atoms with Gasteiger partial charge in [0.15, 0.2) is 34.5 Å². The summed E-state index contributed by atoms with van der Waals surface area (Å²) in [5, 5.41) is 10.0. The van der Waals surface area contributed by atoms with Crippen molar-refractivity contribution in [2.24, 2.45) is 0 Å². The molecule has 0 bridgehead atoms. The molecule has 1 fully saturated rings. The number of anilines is 3. The SMILES string of the molecule is CCCCCCCCCCCCCCCCOc1ccc(NC=C2C(=O)C(=CNc3ccc(OCCCCCCCCCCCCCCCC)c(OCCCCCCCCCCCCCCCC)c3)C(=O)C(=CNc3ccc(OCCCCCCCCCCCCCCCC)c(OCCCCCCCCCCCCCCCC)c3)C2=O)cc1OCCCCCCCCCCCCCCCC. The molecule has 0 atom stereocenters. The summed E-state index contributed by atoms with van der Waals surface area (Å²) in [5.41, 5.74) is 1.34. The van der Waals surface area contributed by atoms with Gasteiger partial charge < -0.3 is 44.4 Å². The Hall–Kier alpha value is -5.91. The second kappa shape index (κ2) is 91.8. The van der Waals surface area contributed by atoms with Crippen LogP contribution in [0.4, 0.5) is 17.1 Å². The number of carbonyl (C=O) groups is 3. The maximum absolute atomic E-state index is 15.2. The van der Waals surface area contributed by atoms with E-state index in [-0.39, 0.29) is 16.7 Å². The van der Waals surface area contributed by atoms with Crippen LogP contribution in [0.2, 0.25) is 0 Å². The third-order valence-corrected chi connectivity index (χ3v) is 28.0. The molecule has 774 valence electrons. The molecule has 1 saturated carbocycles. The molecular weight excluding hydrogens is 1660 g/mol. The summed E-state index contributed by atoms with van der Waals surface area (Å²) in [5.74, 6) is 1.82. The van der Waals surface area contributed by atoms with Crippen molar-refractivity contribution >= 4 is 34.4 Å². The van der Waals surface area contributed by atoms with Gasteiger partial charge in [0.2, 0.25) is 17.3 Å². The molecule has 4 rings (SSSR count). The molecule has 0 heterocycles. The predicted molar refractivity (Wildman–Crippen MR) is 584 cm³/mol. The predicted octanol–water partition coefficient (Wildman–Crippen LogP) is 39.9. The van der Waals surface area contributed by atoms with E-state index >= 15 is 14.4 Å². The zero-order chi connectivity index (χ0) is 96.1. The molecule has 3 N–H and O–H groups in total. The molecule has 0 radical (unpaired) electrons. The average Bonchev–Trinajstić information content (AvgIpc) is 0.778. The molecule has 12 nitrogen and oxygen atoms in total. The number of hydrogen-bond donors (Lipinski definition) is 3. The minimum Gasteiger partial charge on any atom is -0.490 e. The molecule has 1 aliphatic carbocycles. The van der Waals surface area contributed by atoms with Crippen molar-refractivity contribution in [2.75, 3.05) is 55.6 Å². The number of Topliss-reactive ketones (excluding diaryl/α,β-unsaturated/α-hetero) is 3. The highest BCUT2D eigenvalue weighted by atomic mass is 16.5. The molecule has 0 amide bonds. The smallest absolute Gasteiger partial charge is 0.203 e. The third-order valence-electron chi connectivity index (χ3n) is 28.0. The van der Waals surface area contributed by atoms with Gasteiger partial charge in [0, 0.05) is 53.9 Å². The van der Waals surface area contributed by atoms with Gasteiger partial charge in [0.1, 0.15) is 0 Å². The molecule has 3 aromatic rings. The fraction of sp³-hybridized carbons (Fsp3) is 0.780. The third kappa shape index (κ3) is 67.2. The van der Waals surface area contributed by atoms with E-state index < -0.39 is 17.3 Å². The van der Waals surface area contributed by atoms with Crippen LogP contribution in [0, 0.1) is 0 Å². The quantitative estimate of drug-likeness (QED) is 0.0281. The lowest BCUT2D eigenvalue weighted by Crippen LogP contribution is -2.33. The summed E-state index contributed by atoms with van der Waals surface area (Å²) in [6.45, 7) is 17.1. The van der Waals surface area contributed by atoms with Crippen molar-refractivity contribution in [2.45, 2.75) is 581 Å². The number of ketones is 3. The minimum absolute atomic E-state index is 0.174. The summed E-state index contributed by atoms with van der Waals surface area (Å²) in [4.78, 5) is 45.6. The fourth-order valence-electron chi connectivity index (χ4n) is 19.0. The van der Waals surface area contributed by atoms with Gasteiger partial charge in [-0.1, -0.05) is 542 Å². The normalized spacial score (nSPS) is 12.2. The Morgan fingerprint density at radius 3 is 0.415 bits per heavy atom. The maximum atomic E-state index is 15.2. The van der Waals surface area contributed by atoms with Crippen LogP contribution in [0.3, 0.4) is 0 Å². The molecule has 0 saturated heterocycles. The van der Waals surface area contributed by atoms with Crippen LogP contribution in [0.25, 0.3) is 0 Å². The number of carbonyl (C=O) groups excluding carboxylic acids is 3. The highest BCUT2D eigenvalue weighted by molar-refractivity contribution is 6.51. The van der Waals surface area contributed by atoms with Gasteiger partial charge >= 0.3 is 0 Å². The van der Waals surface area contributed by atoms with Crippen LogP contribution in [-0.2, 0) is 14.4 Å². The van der Waals surface area contributed by atoms with Gasteiger partial charge in [-0.15, -0.1) is 0 Å². The topological polar surface area (TPSA) is 143 Å². The summed E-state index contributed by atoms with van der Waals surface area (Å²) in [6.07, 6.45) is 113. The maximum Gasteiger partial charge on any atom is 0.203 e. The van der Waals surface area contributed by atoms with E-state index in [2.05, 4.69) is 57.5 Å². The van der Waals surface area contributed by atoms with Crippen molar-refractivity contribution in [1.29, 1.82) is 0 Å². The van der Waals surface area contributed by atoms with E-state index in [0.29, 0.717) is 91.2 Å². The van der Waals surface area contributed by atoms with Gasteiger partial charge in [-0.2, -0.15) is 0 Å². The first-order chi connectivity index (χ1) is 66.8. The summed E-state index contributed by atoms with van der Waals surface area (Å²) in [6, 6.07) is 17.3. The number of rotatable bonds is 102. The monoisotopic (exact) mass is 1880 g/mol. The molecule has 0 spiro atoms. The Balaban J connectivity index is 1.63. The summed E-state index contributed by atoms with van der Waals surface area (Å²) in [7, 11) is 0. The van der Waals surface area contributed by atoms with Gasteiger partial charge in [-0.25, -0.2) is 0 Å². The number of unbranched alkanes of at least 4 members (excludes halogenated alkanes) is 78. The number of hydrogen-bond acceptors (Lipinski definition) is 12. The lowest BCUT2D eigenvalue weighted by atomic mass is 9.84. The number of ether oxygens (including phenoxy) is 6. The molecule has 0 aromatic heterocycles. The molecule has 135 heavy (non-hydrogen) atoms. The van der Waals surface area contributed by atoms with E-state index in [4.69, 9.17) is 28.4 Å². The van der Waals surface area contributed by atoms with Crippen molar-refractivity contribution < 1.29 is 42.8 Å². The Bertz CT molecular complexity index is 2960. The standard InChI is InChI=1S/C123H213N3O9/c1-7-13-19-25-31-37-43-49-55-61-67-73-79-85-97-130-115-94-91-109(103-118(115)133-100-88-82-76-70-64-58-52-46-40-34-28-22-16-10-4)124-106-112-121(127)113(107-125-110-92-95-116(131-98-86-80-74-68-62-56-50-44-38-32-26-20-14-8-2)119(104-110)134-101-89-83-77-71-65-59-53-47-41-35-29-23-17-11-5)123(129)114(122(112)128)108-126-111-93-96-117(132-99-87-81-75-69-63-57-51-45-39-33-27-21-15-9-3)120(105-111)135-102-90-84-78-72-66-60-54-48-42-36-30-24-18-12-6/h91-96,103-108,124-126H,7-90,97-102H2,1-6H3. The zero-order valence-electron chi connectivity index (χ0n) is 89.2. The first-order valence-electron chi connectivity index (χ1n) is 59.0. The van der Waals surface area contributed by atoms with E-state index in [9.17, 15) is 0 Å². The molecule has 3 aromatic carbocycles. The Kier molecular flexibility index (Phi) is 82.6. The van der Waals surface area contributed by atoms with Crippen LogP contribution in [0.1, 0.15) is 581 Å². The van der Waals surface area contributed by atoms with Crippen molar-refractivity contribution in [3.63, 3.8) is 0 Å². The molecular formula is C123H213N3O9. The van der Waals surface area contributed by atoms with E-state index in [0.717, 1.165) is 77.0 Å². The molecule has 1 aliphatic rings. The van der Waals surface area contributed by atoms with E-state index in [1.54, 1.807) is 0 Å². The molecule has 0 aliphatic heterocycles. The second-order valence-electron chi connectivity index (χ2n) is 40.7. The molecule has 0 unspecified atom stereocenters. The lowest BCUT2D eigenvalue weighted by molar-refractivity contribution is -0.124. The average molecular weight is 1880 g/mol. The van der Waals surface area contributed by atoms with Crippen molar-refractivity contribution in [3.05, 3.63) is 89.9 Å². The lowest BCUT2D eigenvalue weighted by Gasteiger charge is -2.19. The highest BCUT2D eigenvalue weighted by Gasteiger charge is 2.39. The van der Waals surface area contributed by atoms with Crippen molar-refractivity contribution in [3.8, 4) is 34.5 Å². The van der Waals surface area contributed by atoms with Crippen LogP contribution in [-0.4, -0.2) is 57.0 Å². The summed E-state index contributed by atoms with van der Waals surface area (Å²) >= 11 is 0. The zero-order valence-corrected chi connectivity index (χ0v) is 89.2. The second-order valence-corrected chi connectivity index (χ2v) is 40.7. The largest absolute Gasteiger partial charge is 0.490 e. The van der Waals surface area contributed by atoms with Gasteiger partial charge in [0.25, 0.3) is 0 Å². The van der Waals surface area contributed by atoms with Crippen LogP contribution in [0.15, 0.2) is 89.9 Å². The van der Waals surface area contributed by atoms with Crippen LogP contribution >= 0.6 is 0 Å². The Morgan fingerprint density at radius 1 is 0.163 bits per heavy atom. The molecule has 12 heteroatoms. The Morgan fingerprint density at radius 2 is 0.281 bits per heavy atom. The number of allylic oxidation sites excluding steroid dienone is 3. The first kappa shape index (κ1) is 121. The Labute approximate surface area is 833 Å². The fourth-order valence-corrected chi connectivity index (χ4v) is 19.0. The minimum atomic E-state index is -0.688. The van der Waals surface area contributed by atoms with Crippen molar-refractivity contribution in [1.82, 2.24) is 0 Å². The number of benzene rings is 3. The van der Waals surface area contributed by atoms with Crippen LogP contribution < -0.4 is 44.4 Å². The van der Waals surface area contributed by atoms with Gasteiger partial charge in [-0.3, -0.25) is 14.4 Å². The summed E-state index contributed by atoms with van der Waals surface area (Å²) < 4.78 is 39.6. The van der Waals surface area contributed by atoms with Crippen LogP contribution in [0.5, 0.6) is 34.5 Å². The first-order valence-corrected chi connectivity index (χ1v) is 59.0. The van der Waals surface area contributed by atoms with Gasteiger partial charge in [0.05, 0.1) is 56.4 Å². The van der Waals surface area contributed by atoms with E-state index in [1.807, 2.05) is 54.6 Å². The highest BCUT2D eigenvalue weighted by Crippen LogP contribution is 2.37. The van der Waals surface area contributed by atoms with Gasteiger partial charge in [-0.05, 0) is 74.9 Å². The number of nitrogens with one attached hydrogen (secondary N) is 3. The van der Waals surface area contributed by atoms with E-state index in [1.165, 1.54) is 481 Å².